The van der Waals surface area contributed by atoms with Crippen LogP contribution >= 0.6 is 0 Å². The molecule has 3 N–H and O–H groups in total. The van der Waals surface area contributed by atoms with Crippen molar-refractivity contribution >= 4 is 15.7 Å². The highest BCUT2D eigenvalue weighted by molar-refractivity contribution is 7.89. The normalized spacial score (nSPS) is 11.4. The number of sulfonamides is 1. The van der Waals surface area contributed by atoms with Gasteiger partial charge in [-0.3, -0.25) is 4.98 Å². The van der Waals surface area contributed by atoms with Gasteiger partial charge in [0.25, 0.3) is 0 Å². The van der Waals surface area contributed by atoms with Gasteiger partial charge in [0.15, 0.2) is 0 Å². The molecule has 0 aliphatic carbocycles. The number of nitrogens with one attached hydrogen (secondary N) is 1. The average Bonchev–Trinajstić information content (AvgIpc) is 2.43. The predicted molar refractivity (Wildman–Crippen MR) is 73.9 cm³/mol. The van der Waals surface area contributed by atoms with Crippen molar-refractivity contribution in [3.05, 3.63) is 54.1 Å². The topological polar surface area (TPSA) is 85.1 Å². The fourth-order valence-corrected chi connectivity index (χ4v) is 2.66. The van der Waals surface area contributed by atoms with Gasteiger partial charge in [0.2, 0.25) is 10.0 Å². The number of nitrogens with zero attached hydrogens (tertiary/aromatic N) is 1. The van der Waals surface area contributed by atoms with E-state index in [9.17, 15) is 12.8 Å². The number of halogens is 1. The largest absolute Gasteiger partial charge is 0.396 e. The average molecular weight is 295 g/mol. The molecule has 2 aromatic rings. The highest BCUT2D eigenvalue weighted by Crippen LogP contribution is 2.15. The predicted octanol–water partition coefficient (Wildman–Crippen LogP) is 1.32. The minimum Gasteiger partial charge on any atom is -0.396 e. The Morgan fingerprint density at radius 3 is 2.70 bits per heavy atom. The summed E-state index contributed by atoms with van der Waals surface area (Å²) in [5.41, 5.74) is 6.00. The van der Waals surface area contributed by atoms with Crippen LogP contribution in [0.3, 0.4) is 0 Å². The lowest BCUT2D eigenvalue weighted by Gasteiger charge is -2.07. The molecule has 0 unspecified atom stereocenters. The van der Waals surface area contributed by atoms with Crippen LogP contribution in [-0.4, -0.2) is 19.9 Å². The van der Waals surface area contributed by atoms with Crippen molar-refractivity contribution in [1.82, 2.24) is 9.71 Å². The minimum absolute atomic E-state index is 0.0857. The molecule has 5 nitrogen and oxygen atoms in total. The summed E-state index contributed by atoms with van der Waals surface area (Å²) in [5, 5.41) is 0. The molecular formula is C13H14FN3O2S. The van der Waals surface area contributed by atoms with E-state index in [1.165, 1.54) is 12.1 Å². The van der Waals surface area contributed by atoms with E-state index in [1.807, 2.05) is 6.07 Å². The molecule has 0 aliphatic heterocycles. The second-order valence-corrected chi connectivity index (χ2v) is 5.92. The van der Waals surface area contributed by atoms with Crippen LogP contribution in [0.5, 0.6) is 0 Å². The van der Waals surface area contributed by atoms with Crippen molar-refractivity contribution in [3.63, 3.8) is 0 Å². The first-order valence-corrected chi connectivity index (χ1v) is 7.42. The number of anilines is 1. The van der Waals surface area contributed by atoms with E-state index in [2.05, 4.69) is 9.71 Å². The quantitative estimate of drug-likeness (QED) is 0.815. The lowest BCUT2D eigenvalue weighted by Crippen LogP contribution is -2.26. The molecule has 0 bridgehead atoms. The molecule has 0 aliphatic rings. The van der Waals surface area contributed by atoms with Crippen molar-refractivity contribution in [1.29, 1.82) is 0 Å². The summed E-state index contributed by atoms with van der Waals surface area (Å²) >= 11 is 0. The summed E-state index contributed by atoms with van der Waals surface area (Å²) < 4.78 is 39.6. The molecular weight excluding hydrogens is 281 g/mol. The van der Waals surface area contributed by atoms with Gasteiger partial charge in [0.1, 0.15) is 5.82 Å². The number of nitrogens with two attached hydrogens (primary N) is 1. The molecule has 0 amide bonds. The zero-order valence-electron chi connectivity index (χ0n) is 10.6. The fourth-order valence-electron chi connectivity index (χ4n) is 1.62. The number of nitrogen functional groups attached to an aromatic ring is 1. The van der Waals surface area contributed by atoms with Gasteiger partial charge >= 0.3 is 0 Å². The van der Waals surface area contributed by atoms with E-state index < -0.39 is 15.8 Å². The summed E-state index contributed by atoms with van der Waals surface area (Å²) in [6.45, 7) is 0.186. The van der Waals surface area contributed by atoms with Crippen molar-refractivity contribution < 1.29 is 12.8 Å². The SMILES string of the molecule is Nc1ccc(S(=O)(=O)NCCc2ccccn2)cc1F. The number of pyridine rings is 1. The first kappa shape index (κ1) is 14.4. The van der Waals surface area contributed by atoms with E-state index in [0.717, 1.165) is 11.8 Å². The third-order valence-electron chi connectivity index (χ3n) is 2.68. The third kappa shape index (κ3) is 3.52. The Kier molecular flexibility index (Phi) is 4.31. The zero-order chi connectivity index (χ0) is 14.6. The van der Waals surface area contributed by atoms with Gasteiger partial charge in [-0.25, -0.2) is 17.5 Å². The van der Waals surface area contributed by atoms with Gasteiger partial charge in [0, 0.05) is 24.9 Å². The number of rotatable bonds is 5. The van der Waals surface area contributed by atoms with E-state index in [4.69, 9.17) is 5.73 Å². The van der Waals surface area contributed by atoms with Crippen molar-refractivity contribution in [2.45, 2.75) is 11.3 Å². The summed E-state index contributed by atoms with van der Waals surface area (Å²) in [4.78, 5) is 3.94. The smallest absolute Gasteiger partial charge is 0.240 e. The van der Waals surface area contributed by atoms with E-state index in [-0.39, 0.29) is 17.1 Å². The number of benzene rings is 1. The summed E-state index contributed by atoms with van der Waals surface area (Å²) in [7, 11) is -3.74. The van der Waals surface area contributed by atoms with Gasteiger partial charge < -0.3 is 5.73 Å². The summed E-state index contributed by atoms with van der Waals surface area (Å²) in [5.74, 6) is -0.752. The monoisotopic (exact) mass is 295 g/mol. The molecule has 1 heterocycles. The molecule has 0 atom stereocenters. The third-order valence-corrected chi connectivity index (χ3v) is 4.14. The van der Waals surface area contributed by atoms with Crippen LogP contribution in [-0.2, 0) is 16.4 Å². The number of hydrogen-bond acceptors (Lipinski definition) is 4. The van der Waals surface area contributed by atoms with Gasteiger partial charge in [-0.15, -0.1) is 0 Å². The van der Waals surface area contributed by atoms with Crippen molar-refractivity contribution in [2.75, 3.05) is 12.3 Å². The Morgan fingerprint density at radius 2 is 2.05 bits per heavy atom. The van der Waals surface area contributed by atoms with Crippen LogP contribution in [0.1, 0.15) is 5.69 Å². The van der Waals surface area contributed by atoms with Crippen LogP contribution in [0.15, 0.2) is 47.5 Å². The fraction of sp³-hybridized carbons (Fsp3) is 0.154. The van der Waals surface area contributed by atoms with Crippen LogP contribution in [0.4, 0.5) is 10.1 Å². The van der Waals surface area contributed by atoms with E-state index >= 15 is 0 Å². The Morgan fingerprint density at radius 1 is 1.25 bits per heavy atom. The zero-order valence-corrected chi connectivity index (χ0v) is 11.4. The molecule has 1 aromatic carbocycles. The molecule has 7 heteroatoms. The van der Waals surface area contributed by atoms with Crippen LogP contribution in [0.2, 0.25) is 0 Å². The molecule has 0 radical (unpaired) electrons. The molecule has 106 valence electrons. The second kappa shape index (κ2) is 5.98. The molecule has 0 spiro atoms. The Bertz CT molecular complexity index is 690. The second-order valence-electron chi connectivity index (χ2n) is 4.15. The van der Waals surface area contributed by atoms with Gasteiger partial charge in [-0.05, 0) is 30.3 Å². The molecule has 20 heavy (non-hydrogen) atoms. The molecule has 0 saturated heterocycles. The van der Waals surface area contributed by atoms with Crippen LogP contribution in [0, 0.1) is 5.82 Å². The Balaban J connectivity index is 2.02. The highest BCUT2D eigenvalue weighted by Gasteiger charge is 2.15. The minimum atomic E-state index is -3.74. The number of hydrogen-bond donors (Lipinski definition) is 2. The lowest BCUT2D eigenvalue weighted by molar-refractivity contribution is 0.578. The highest BCUT2D eigenvalue weighted by atomic mass is 32.2. The maximum atomic E-state index is 13.3. The Hall–Kier alpha value is -1.99. The first-order chi connectivity index (χ1) is 9.49. The Labute approximate surface area is 116 Å². The van der Waals surface area contributed by atoms with E-state index in [0.29, 0.717) is 6.42 Å². The summed E-state index contributed by atoms with van der Waals surface area (Å²) in [6.07, 6.45) is 2.09. The molecule has 2 rings (SSSR count). The maximum Gasteiger partial charge on any atom is 0.240 e. The van der Waals surface area contributed by atoms with Crippen molar-refractivity contribution in [2.24, 2.45) is 0 Å². The number of aromatic nitrogens is 1. The van der Waals surface area contributed by atoms with Gasteiger partial charge in [0.05, 0.1) is 10.6 Å². The molecule has 0 fully saturated rings. The van der Waals surface area contributed by atoms with Gasteiger partial charge in [-0.2, -0.15) is 0 Å². The standard InChI is InChI=1S/C13H14FN3O2S/c14-12-9-11(4-5-13(12)15)20(18,19)17-8-6-10-3-1-2-7-16-10/h1-5,7,9,17H,6,8,15H2. The summed E-state index contributed by atoms with van der Waals surface area (Å²) in [6, 6.07) is 8.80. The molecule has 0 saturated carbocycles. The first-order valence-electron chi connectivity index (χ1n) is 5.93. The molecule has 1 aromatic heterocycles. The van der Waals surface area contributed by atoms with Crippen LogP contribution < -0.4 is 10.5 Å². The van der Waals surface area contributed by atoms with E-state index in [1.54, 1.807) is 18.3 Å². The van der Waals surface area contributed by atoms with Gasteiger partial charge in [-0.1, -0.05) is 6.07 Å². The van der Waals surface area contributed by atoms with Crippen molar-refractivity contribution in [3.8, 4) is 0 Å². The lowest BCUT2D eigenvalue weighted by atomic mass is 10.3. The maximum absolute atomic E-state index is 13.3. The van der Waals surface area contributed by atoms with Crippen LogP contribution in [0.25, 0.3) is 0 Å².